The van der Waals surface area contributed by atoms with Crippen molar-refractivity contribution in [2.24, 2.45) is 0 Å². The fourth-order valence-corrected chi connectivity index (χ4v) is 2.56. The van der Waals surface area contributed by atoms with E-state index in [0.29, 0.717) is 17.9 Å². The van der Waals surface area contributed by atoms with Crippen molar-refractivity contribution in [3.8, 4) is 11.5 Å². The summed E-state index contributed by atoms with van der Waals surface area (Å²) in [5.41, 5.74) is 2.55. The van der Waals surface area contributed by atoms with Crippen LogP contribution in [0.3, 0.4) is 0 Å². The van der Waals surface area contributed by atoms with E-state index in [1.165, 1.54) is 0 Å². The second kappa shape index (κ2) is 8.16. The van der Waals surface area contributed by atoms with Gasteiger partial charge in [0.05, 0.1) is 16.6 Å². The van der Waals surface area contributed by atoms with E-state index in [-0.39, 0.29) is 5.97 Å². The Bertz CT molecular complexity index is 695. The van der Waals surface area contributed by atoms with E-state index in [1.54, 1.807) is 24.3 Å². The first kappa shape index (κ1) is 17.5. The molecule has 122 valence electrons. The molecule has 0 aliphatic rings. The maximum Gasteiger partial charge on any atom is 0.343 e. The predicted molar refractivity (Wildman–Crippen MR) is 95.4 cm³/mol. The molecule has 0 fully saturated rings. The SMILES string of the molecule is CCCCOc1ccc(C(=O)Oc2cccc(C)c2C)cc1Br. The standard InChI is InChI=1S/C19H21BrO3/c1-4-5-11-22-18-10-9-15(12-16(18)20)19(21)23-17-8-6-7-13(2)14(17)3/h6-10,12H,4-5,11H2,1-3H3. The van der Waals surface area contributed by atoms with Gasteiger partial charge in [-0.1, -0.05) is 25.5 Å². The average molecular weight is 377 g/mol. The van der Waals surface area contributed by atoms with Gasteiger partial charge in [-0.25, -0.2) is 4.79 Å². The van der Waals surface area contributed by atoms with E-state index < -0.39 is 0 Å². The Hall–Kier alpha value is -1.81. The quantitative estimate of drug-likeness (QED) is 0.381. The summed E-state index contributed by atoms with van der Waals surface area (Å²) in [4.78, 5) is 12.3. The van der Waals surface area contributed by atoms with Crippen molar-refractivity contribution in [2.75, 3.05) is 6.61 Å². The zero-order valence-electron chi connectivity index (χ0n) is 13.7. The topological polar surface area (TPSA) is 35.5 Å². The molecule has 0 radical (unpaired) electrons. The number of benzene rings is 2. The van der Waals surface area contributed by atoms with Crippen molar-refractivity contribution in [1.29, 1.82) is 0 Å². The summed E-state index contributed by atoms with van der Waals surface area (Å²) in [7, 11) is 0. The number of carbonyl (C=O) groups is 1. The van der Waals surface area contributed by atoms with Gasteiger partial charge in [0.1, 0.15) is 11.5 Å². The minimum Gasteiger partial charge on any atom is -0.492 e. The smallest absolute Gasteiger partial charge is 0.343 e. The third kappa shape index (κ3) is 4.58. The van der Waals surface area contributed by atoms with Gasteiger partial charge in [0, 0.05) is 0 Å². The van der Waals surface area contributed by atoms with Crippen molar-refractivity contribution in [1.82, 2.24) is 0 Å². The molecule has 2 aromatic rings. The molecule has 0 aliphatic heterocycles. The van der Waals surface area contributed by atoms with E-state index in [1.807, 2.05) is 26.0 Å². The van der Waals surface area contributed by atoms with E-state index in [9.17, 15) is 4.79 Å². The van der Waals surface area contributed by atoms with Crippen LogP contribution in [0.2, 0.25) is 0 Å². The van der Waals surface area contributed by atoms with E-state index in [0.717, 1.165) is 34.2 Å². The van der Waals surface area contributed by atoms with Gasteiger partial charge < -0.3 is 9.47 Å². The minimum atomic E-state index is -0.375. The lowest BCUT2D eigenvalue weighted by molar-refractivity contribution is 0.0733. The first-order valence-electron chi connectivity index (χ1n) is 7.73. The van der Waals surface area contributed by atoms with Gasteiger partial charge in [-0.3, -0.25) is 0 Å². The summed E-state index contributed by atoms with van der Waals surface area (Å²) >= 11 is 3.45. The molecule has 0 N–H and O–H groups in total. The third-order valence-corrected chi connectivity index (χ3v) is 4.30. The molecule has 0 spiro atoms. The van der Waals surface area contributed by atoms with E-state index >= 15 is 0 Å². The number of carbonyl (C=O) groups excluding carboxylic acids is 1. The maximum absolute atomic E-state index is 12.3. The molecule has 23 heavy (non-hydrogen) atoms. The average Bonchev–Trinajstić information content (AvgIpc) is 2.53. The third-order valence-electron chi connectivity index (χ3n) is 3.68. The normalized spacial score (nSPS) is 10.4. The number of unbranched alkanes of at least 4 members (excludes halogenated alkanes) is 1. The van der Waals surface area contributed by atoms with Crippen LogP contribution >= 0.6 is 15.9 Å². The highest BCUT2D eigenvalue weighted by molar-refractivity contribution is 9.10. The summed E-state index contributed by atoms with van der Waals surface area (Å²) in [5.74, 6) is 0.954. The van der Waals surface area contributed by atoms with Crippen LogP contribution in [-0.4, -0.2) is 12.6 Å². The van der Waals surface area contributed by atoms with Crippen molar-refractivity contribution >= 4 is 21.9 Å². The Balaban J connectivity index is 2.10. The van der Waals surface area contributed by atoms with Crippen molar-refractivity contribution in [3.63, 3.8) is 0 Å². The molecule has 0 aliphatic carbocycles. The highest BCUT2D eigenvalue weighted by Crippen LogP contribution is 2.27. The number of hydrogen-bond donors (Lipinski definition) is 0. The van der Waals surface area contributed by atoms with Crippen LogP contribution in [0.25, 0.3) is 0 Å². The lowest BCUT2D eigenvalue weighted by Gasteiger charge is -2.11. The molecule has 0 aromatic heterocycles. The summed E-state index contributed by atoms with van der Waals surface area (Å²) in [5, 5.41) is 0. The molecule has 0 atom stereocenters. The Morgan fingerprint density at radius 1 is 1.13 bits per heavy atom. The van der Waals surface area contributed by atoms with E-state index in [2.05, 4.69) is 22.9 Å². The zero-order valence-corrected chi connectivity index (χ0v) is 15.3. The fourth-order valence-electron chi connectivity index (χ4n) is 2.06. The summed E-state index contributed by atoms with van der Waals surface area (Å²) in [6.45, 7) is 6.72. The molecule has 0 unspecified atom stereocenters. The second-order valence-corrected chi connectivity index (χ2v) is 6.29. The zero-order chi connectivity index (χ0) is 16.8. The van der Waals surface area contributed by atoms with Crippen LogP contribution in [-0.2, 0) is 0 Å². The van der Waals surface area contributed by atoms with E-state index in [4.69, 9.17) is 9.47 Å². The predicted octanol–water partition coefficient (Wildman–Crippen LogP) is 5.46. The van der Waals surface area contributed by atoms with Gasteiger partial charge in [0.25, 0.3) is 0 Å². The van der Waals surface area contributed by atoms with Crippen molar-refractivity contribution < 1.29 is 14.3 Å². The monoisotopic (exact) mass is 376 g/mol. The van der Waals surface area contributed by atoms with Gasteiger partial charge in [-0.05, 0) is 71.6 Å². The number of ether oxygens (including phenoxy) is 2. The molecule has 0 bridgehead atoms. The van der Waals surface area contributed by atoms with Crippen LogP contribution in [0.1, 0.15) is 41.3 Å². The summed E-state index contributed by atoms with van der Waals surface area (Å²) in [6.07, 6.45) is 2.08. The van der Waals surface area contributed by atoms with Gasteiger partial charge in [0.2, 0.25) is 0 Å². The Morgan fingerprint density at radius 3 is 2.61 bits per heavy atom. The molecule has 3 nitrogen and oxygen atoms in total. The maximum atomic E-state index is 12.3. The molecule has 2 aromatic carbocycles. The van der Waals surface area contributed by atoms with Crippen molar-refractivity contribution in [3.05, 3.63) is 57.6 Å². The van der Waals surface area contributed by atoms with Gasteiger partial charge in [-0.2, -0.15) is 0 Å². The van der Waals surface area contributed by atoms with Crippen LogP contribution in [0.15, 0.2) is 40.9 Å². The molecule has 4 heteroatoms. The van der Waals surface area contributed by atoms with Gasteiger partial charge in [-0.15, -0.1) is 0 Å². The number of aryl methyl sites for hydroxylation is 1. The first-order valence-corrected chi connectivity index (χ1v) is 8.53. The second-order valence-electron chi connectivity index (χ2n) is 5.43. The summed E-state index contributed by atoms with van der Waals surface area (Å²) in [6, 6.07) is 10.9. The van der Waals surface area contributed by atoms with Crippen LogP contribution < -0.4 is 9.47 Å². The van der Waals surface area contributed by atoms with Gasteiger partial charge in [0.15, 0.2) is 0 Å². The number of esters is 1. The molecule has 0 saturated heterocycles. The molecule has 0 heterocycles. The summed E-state index contributed by atoms with van der Waals surface area (Å²) < 4.78 is 11.9. The largest absolute Gasteiger partial charge is 0.492 e. The lowest BCUT2D eigenvalue weighted by Crippen LogP contribution is -2.10. The van der Waals surface area contributed by atoms with Crippen LogP contribution in [0.4, 0.5) is 0 Å². The van der Waals surface area contributed by atoms with Crippen LogP contribution in [0, 0.1) is 13.8 Å². The fraction of sp³-hybridized carbons (Fsp3) is 0.316. The Labute approximate surface area is 145 Å². The number of rotatable bonds is 6. The highest BCUT2D eigenvalue weighted by Gasteiger charge is 2.13. The van der Waals surface area contributed by atoms with Crippen LogP contribution in [0.5, 0.6) is 11.5 Å². The van der Waals surface area contributed by atoms with Gasteiger partial charge >= 0.3 is 5.97 Å². The number of hydrogen-bond acceptors (Lipinski definition) is 3. The molecular formula is C19H21BrO3. The minimum absolute atomic E-state index is 0.375. The Kier molecular flexibility index (Phi) is 6.22. The Morgan fingerprint density at radius 2 is 1.91 bits per heavy atom. The molecule has 2 rings (SSSR count). The first-order chi connectivity index (χ1) is 11.0. The number of halogens is 1. The lowest BCUT2D eigenvalue weighted by atomic mass is 10.1. The molecule has 0 saturated carbocycles. The van der Waals surface area contributed by atoms with Crippen molar-refractivity contribution in [2.45, 2.75) is 33.6 Å². The molecule has 0 amide bonds. The highest BCUT2D eigenvalue weighted by atomic mass is 79.9. The molecular weight excluding hydrogens is 356 g/mol.